The number of hydrogen-bond donors (Lipinski definition) is 1. The van der Waals surface area contributed by atoms with E-state index in [1.54, 1.807) is 7.05 Å². The Bertz CT molecular complexity index is 803. The van der Waals surface area contributed by atoms with E-state index in [0.29, 0.717) is 12.3 Å². The molecule has 2 unspecified atom stereocenters. The van der Waals surface area contributed by atoms with Gasteiger partial charge in [0.15, 0.2) is 5.54 Å². The van der Waals surface area contributed by atoms with Crippen LogP contribution < -0.4 is 4.72 Å². The lowest BCUT2D eigenvalue weighted by Crippen LogP contribution is -2.44. The number of benzene rings is 1. The Balaban J connectivity index is 2.30. The fourth-order valence-corrected chi connectivity index (χ4v) is 4.15. The molecule has 2 amide bonds. The molecule has 2 atom stereocenters. The van der Waals surface area contributed by atoms with Crippen molar-refractivity contribution in [3.05, 3.63) is 35.9 Å². The van der Waals surface area contributed by atoms with Crippen molar-refractivity contribution >= 4 is 33.6 Å². The Morgan fingerprint density at radius 1 is 1.33 bits per heavy atom. The first-order chi connectivity index (χ1) is 12.8. The summed E-state index contributed by atoms with van der Waals surface area (Å²) in [5, 5.41) is -0.448. The van der Waals surface area contributed by atoms with Crippen LogP contribution >= 0.6 is 11.9 Å². The summed E-state index contributed by atoms with van der Waals surface area (Å²) < 4.78 is 29.0. The van der Waals surface area contributed by atoms with Gasteiger partial charge in [-0.1, -0.05) is 44.2 Å². The first kappa shape index (κ1) is 21.6. The van der Waals surface area contributed by atoms with Crippen molar-refractivity contribution in [2.45, 2.75) is 44.6 Å². The third-order valence-electron chi connectivity index (χ3n) is 4.56. The molecule has 0 bridgehead atoms. The summed E-state index contributed by atoms with van der Waals surface area (Å²) in [4.78, 5) is 26.9. The Kier molecular flexibility index (Phi) is 7.58. The van der Waals surface area contributed by atoms with Crippen LogP contribution in [0.25, 0.3) is 0 Å². The molecule has 27 heavy (non-hydrogen) atoms. The standard InChI is InChI=1S/C18H25N3O4S2/c1-13(2)8-7-11-21(17(23)26-19-3)16(22)18(20-27(24)25)12-15(18)14-9-5-4-6-10-14/h4-6,9-10,13,15,19H,7-8,11-12H2,1-3H3. The molecule has 0 spiro atoms. The summed E-state index contributed by atoms with van der Waals surface area (Å²) in [7, 11) is -1.15. The average molecular weight is 412 g/mol. The van der Waals surface area contributed by atoms with Crippen LogP contribution in [0, 0.1) is 5.92 Å². The predicted octanol–water partition coefficient (Wildman–Crippen LogP) is 3.23. The van der Waals surface area contributed by atoms with Crippen LogP contribution in [-0.2, 0) is 15.3 Å². The Hall–Kier alpha value is -1.71. The minimum Gasteiger partial charge on any atom is -0.271 e. The predicted molar refractivity (Wildman–Crippen MR) is 106 cm³/mol. The number of carbonyl (C=O) groups is 2. The van der Waals surface area contributed by atoms with E-state index in [9.17, 15) is 18.0 Å². The van der Waals surface area contributed by atoms with E-state index in [0.717, 1.165) is 28.8 Å². The van der Waals surface area contributed by atoms with Gasteiger partial charge in [0, 0.05) is 24.4 Å². The summed E-state index contributed by atoms with van der Waals surface area (Å²) in [6.45, 7) is 4.38. The van der Waals surface area contributed by atoms with Crippen molar-refractivity contribution < 1.29 is 18.0 Å². The largest absolute Gasteiger partial charge is 0.312 e. The van der Waals surface area contributed by atoms with E-state index in [4.69, 9.17) is 0 Å². The number of carbonyl (C=O) groups excluding carboxylic acids is 2. The quantitative estimate of drug-likeness (QED) is 0.660. The first-order valence-corrected chi connectivity index (χ1v) is 10.7. The van der Waals surface area contributed by atoms with E-state index < -0.39 is 27.2 Å². The highest BCUT2D eigenvalue weighted by Gasteiger charge is 2.64. The van der Waals surface area contributed by atoms with Crippen molar-refractivity contribution in [3.8, 4) is 0 Å². The minimum atomic E-state index is -2.74. The Morgan fingerprint density at radius 3 is 2.56 bits per heavy atom. The van der Waals surface area contributed by atoms with Crippen molar-refractivity contribution in [2.75, 3.05) is 13.6 Å². The lowest BCUT2D eigenvalue weighted by Gasteiger charge is -2.23. The molecule has 1 fully saturated rings. The molecule has 9 heteroatoms. The third-order valence-corrected chi connectivity index (χ3v) is 5.63. The van der Waals surface area contributed by atoms with E-state index in [2.05, 4.69) is 22.9 Å². The van der Waals surface area contributed by atoms with Crippen LogP contribution in [0.5, 0.6) is 0 Å². The van der Waals surface area contributed by atoms with Crippen LogP contribution in [0.4, 0.5) is 4.79 Å². The zero-order valence-electron chi connectivity index (χ0n) is 15.7. The SMILES string of the molecule is CNSC(=O)N(CCCC(C)C)C(=O)C1(N=S(=O)=O)CC1c1ccccc1. The topological polar surface area (TPSA) is 95.9 Å². The molecular formula is C18H25N3O4S2. The third kappa shape index (κ3) is 5.40. The summed E-state index contributed by atoms with van der Waals surface area (Å²) >= 11 is 0.807. The van der Waals surface area contributed by atoms with Crippen molar-refractivity contribution in [1.29, 1.82) is 0 Å². The number of hydrogen-bond acceptors (Lipinski definition) is 7. The molecule has 1 aromatic carbocycles. The van der Waals surface area contributed by atoms with Crippen molar-refractivity contribution in [2.24, 2.45) is 10.3 Å². The highest BCUT2D eigenvalue weighted by atomic mass is 32.2. The van der Waals surface area contributed by atoms with Crippen LogP contribution in [0.15, 0.2) is 34.7 Å². The normalized spacial score (nSPS) is 21.0. The van der Waals surface area contributed by atoms with Gasteiger partial charge in [-0.3, -0.25) is 19.2 Å². The van der Waals surface area contributed by atoms with Gasteiger partial charge < -0.3 is 0 Å². The summed E-state index contributed by atoms with van der Waals surface area (Å²) in [5.41, 5.74) is -0.577. The molecule has 7 nitrogen and oxygen atoms in total. The number of rotatable bonds is 8. The molecule has 148 valence electrons. The highest BCUT2D eigenvalue weighted by Crippen LogP contribution is 2.55. The maximum atomic E-state index is 13.2. The van der Waals surface area contributed by atoms with E-state index >= 15 is 0 Å². The maximum absolute atomic E-state index is 13.2. The van der Waals surface area contributed by atoms with E-state index in [1.165, 1.54) is 0 Å². The highest BCUT2D eigenvalue weighted by molar-refractivity contribution is 8.11. The number of nitrogens with zero attached hydrogens (tertiary/aromatic N) is 2. The second-order valence-corrected chi connectivity index (χ2v) is 8.54. The first-order valence-electron chi connectivity index (χ1n) is 8.88. The zero-order valence-corrected chi connectivity index (χ0v) is 17.3. The molecular weight excluding hydrogens is 386 g/mol. The molecule has 1 saturated carbocycles. The van der Waals surface area contributed by atoms with Gasteiger partial charge in [0.1, 0.15) is 0 Å². The number of amides is 2. The average Bonchev–Trinajstić information content (AvgIpc) is 3.33. The monoisotopic (exact) mass is 411 g/mol. The second kappa shape index (κ2) is 9.48. The number of nitrogens with one attached hydrogen (secondary N) is 1. The molecule has 0 heterocycles. The van der Waals surface area contributed by atoms with Crippen LogP contribution in [-0.4, -0.2) is 43.6 Å². The number of imide groups is 1. The molecule has 0 radical (unpaired) electrons. The van der Waals surface area contributed by atoms with Gasteiger partial charge >= 0.3 is 15.7 Å². The summed E-state index contributed by atoms with van der Waals surface area (Å²) in [6, 6.07) is 9.20. The molecule has 0 saturated heterocycles. The molecule has 2 rings (SSSR count). The molecule has 0 aliphatic heterocycles. The van der Waals surface area contributed by atoms with Gasteiger partial charge in [0.2, 0.25) is 0 Å². The van der Waals surface area contributed by atoms with Gasteiger partial charge in [-0.15, -0.1) is 0 Å². The van der Waals surface area contributed by atoms with Crippen LogP contribution in [0.2, 0.25) is 0 Å². The fraction of sp³-hybridized carbons (Fsp3) is 0.556. The van der Waals surface area contributed by atoms with Gasteiger partial charge in [0.25, 0.3) is 5.91 Å². The van der Waals surface area contributed by atoms with E-state index in [1.807, 2.05) is 30.3 Å². The minimum absolute atomic E-state index is 0.245. The van der Waals surface area contributed by atoms with Crippen molar-refractivity contribution in [1.82, 2.24) is 9.62 Å². The lowest BCUT2D eigenvalue weighted by molar-refractivity contribution is -0.130. The lowest BCUT2D eigenvalue weighted by atomic mass is 10.0. The maximum Gasteiger partial charge on any atom is 0.312 e. The Morgan fingerprint density at radius 2 is 2.00 bits per heavy atom. The van der Waals surface area contributed by atoms with Gasteiger partial charge in [0.05, 0.1) is 0 Å². The van der Waals surface area contributed by atoms with Crippen molar-refractivity contribution in [3.63, 3.8) is 0 Å². The Labute approximate surface area is 165 Å². The molecule has 1 aliphatic rings. The van der Waals surface area contributed by atoms with E-state index in [-0.39, 0.29) is 18.9 Å². The second-order valence-electron chi connectivity index (χ2n) is 6.97. The molecule has 1 aliphatic carbocycles. The van der Waals surface area contributed by atoms with Gasteiger partial charge in [-0.25, -0.2) is 0 Å². The van der Waals surface area contributed by atoms with Crippen LogP contribution in [0.1, 0.15) is 44.6 Å². The van der Waals surface area contributed by atoms with Gasteiger partial charge in [-0.2, -0.15) is 12.8 Å². The fourth-order valence-electron chi connectivity index (χ4n) is 3.15. The van der Waals surface area contributed by atoms with Crippen LogP contribution in [0.3, 0.4) is 0 Å². The smallest absolute Gasteiger partial charge is 0.271 e. The molecule has 1 N–H and O–H groups in total. The zero-order chi connectivity index (χ0) is 20.0. The van der Waals surface area contributed by atoms with Gasteiger partial charge in [-0.05, 0) is 37.8 Å². The molecule has 1 aromatic rings. The summed E-state index contributed by atoms with van der Waals surface area (Å²) in [6.07, 6.45) is 1.80. The molecule has 0 aromatic heterocycles. The summed E-state index contributed by atoms with van der Waals surface area (Å²) in [5.74, 6) is -0.444.